The van der Waals surface area contributed by atoms with E-state index in [4.69, 9.17) is 0 Å². The van der Waals surface area contributed by atoms with Crippen LogP contribution in [0.25, 0.3) is 0 Å². The maximum absolute atomic E-state index is 13.9. The van der Waals surface area contributed by atoms with Gasteiger partial charge in [-0.25, -0.2) is 0 Å². The van der Waals surface area contributed by atoms with Crippen molar-refractivity contribution in [2.24, 2.45) is 0 Å². The Morgan fingerprint density at radius 2 is 1.61 bits per heavy atom. The third-order valence-electron chi connectivity index (χ3n) is 3.67. The van der Waals surface area contributed by atoms with Crippen molar-refractivity contribution in [2.45, 2.75) is 18.1 Å². The van der Waals surface area contributed by atoms with Crippen molar-refractivity contribution < 1.29 is 26.7 Å². The van der Waals surface area contributed by atoms with E-state index in [9.17, 15) is 26.7 Å². The summed E-state index contributed by atoms with van der Waals surface area (Å²) >= 11 is 0. The van der Waals surface area contributed by atoms with Crippen LogP contribution in [0.15, 0.2) is 54.6 Å². The highest BCUT2D eigenvalue weighted by Crippen LogP contribution is 2.50. The molecule has 7 heteroatoms. The number of amides is 1. The lowest BCUT2D eigenvalue weighted by atomic mass is 9.88. The summed E-state index contributed by atoms with van der Waals surface area (Å²) in [5.41, 5.74) is -1.04. The van der Waals surface area contributed by atoms with E-state index in [0.717, 1.165) is 12.1 Å². The van der Waals surface area contributed by atoms with Crippen molar-refractivity contribution in [3.8, 4) is 0 Å². The van der Waals surface area contributed by atoms with E-state index < -0.39 is 29.6 Å². The molecule has 0 bridgehead atoms. The highest BCUT2D eigenvalue weighted by molar-refractivity contribution is 6.07. The van der Waals surface area contributed by atoms with E-state index in [1.165, 1.54) is 30.3 Å². The molecule has 2 nitrogen and oxygen atoms in total. The number of carbonyl (C=O) groups excluding carboxylic acids is 1. The number of β-lactam (4-membered cyclic amide) rings is 1. The Morgan fingerprint density at radius 1 is 0.957 bits per heavy atom. The zero-order valence-electron chi connectivity index (χ0n) is 11.5. The number of hydrogen-bond acceptors (Lipinski definition) is 1. The normalized spacial score (nSPS) is 20.3. The van der Waals surface area contributed by atoms with Crippen molar-refractivity contribution in [1.82, 2.24) is 0 Å². The van der Waals surface area contributed by atoms with Crippen molar-refractivity contribution in [1.29, 1.82) is 0 Å². The van der Waals surface area contributed by atoms with Gasteiger partial charge in [0.05, 0.1) is 5.56 Å². The van der Waals surface area contributed by atoms with Gasteiger partial charge in [-0.05, 0) is 23.8 Å². The second-order valence-corrected chi connectivity index (χ2v) is 5.16. The molecule has 0 aromatic heterocycles. The Balaban J connectivity index is 2.03. The Hall–Kier alpha value is -2.44. The summed E-state index contributed by atoms with van der Waals surface area (Å²) in [5.74, 6) is -5.15. The first-order chi connectivity index (χ1) is 10.7. The number of rotatable bonds is 2. The van der Waals surface area contributed by atoms with Crippen molar-refractivity contribution in [3.63, 3.8) is 0 Å². The number of halogens is 5. The third-order valence-corrected chi connectivity index (χ3v) is 3.67. The lowest BCUT2D eigenvalue weighted by Gasteiger charge is -2.46. The van der Waals surface area contributed by atoms with Gasteiger partial charge in [0.15, 0.2) is 0 Å². The second kappa shape index (κ2) is 5.04. The minimum atomic E-state index is -4.62. The summed E-state index contributed by atoms with van der Waals surface area (Å²) in [6.45, 7) is 0. The van der Waals surface area contributed by atoms with Crippen LogP contribution in [0.3, 0.4) is 0 Å². The van der Waals surface area contributed by atoms with Crippen LogP contribution < -0.4 is 4.90 Å². The lowest BCUT2D eigenvalue weighted by molar-refractivity contribution is -0.162. The third kappa shape index (κ3) is 2.46. The second-order valence-electron chi connectivity index (χ2n) is 5.16. The fourth-order valence-corrected chi connectivity index (χ4v) is 2.58. The van der Waals surface area contributed by atoms with E-state index in [1.54, 1.807) is 6.07 Å². The molecule has 2 aromatic carbocycles. The van der Waals surface area contributed by atoms with Gasteiger partial charge in [0, 0.05) is 5.69 Å². The molecule has 1 aliphatic rings. The SMILES string of the molecule is O=C1N(c2cccc(C(F)(F)F)c2)[C@@H](c2ccccc2)C1(F)F. The highest BCUT2D eigenvalue weighted by atomic mass is 19.4. The maximum Gasteiger partial charge on any atom is 0.416 e. The van der Waals surface area contributed by atoms with Crippen LogP contribution in [0.5, 0.6) is 0 Å². The van der Waals surface area contributed by atoms with Crippen LogP contribution in [0.1, 0.15) is 17.2 Å². The van der Waals surface area contributed by atoms with Gasteiger partial charge in [-0.2, -0.15) is 22.0 Å². The summed E-state index contributed by atoms with van der Waals surface area (Å²) in [6, 6.07) is 9.69. The minimum Gasteiger partial charge on any atom is -0.293 e. The summed E-state index contributed by atoms with van der Waals surface area (Å²) in [7, 11) is 0. The summed E-state index contributed by atoms with van der Waals surface area (Å²) < 4.78 is 66.2. The van der Waals surface area contributed by atoms with Crippen molar-refractivity contribution in [3.05, 3.63) is 65.7 Å². The van der Waals surface area contributed by atoms with Crippen LogP contribution in [-0.4, -0.2) is 11.8 Å². The molecule has 1 heterocycles. The molecule has 0 N–H and O–H groups in total. The Kier molecular flexibility index (Phi) is 3.39. The summed E-state index contributed by atoms with van der Waals surface area (Å²) in [4.78, 5) is 12.4. The Labute approximate surface area is 128 Å². The van der Waals surface area contributed by atoms with E-state index >= 15 is 0 Å². The van der Waals surface area contributed by atoms with Gasteiger partial charge in [-0.3, -0.25) is 9.69 Å². The zero-order chi connectivity index (χ0) is 16.8. The molecule has 0 saturated carbocycles. The molecular formula is C16H10F5NO. The van der Waals surface area contributed by atoms with Crippen LogP contribution in [-0.2, 0) is 11.0 Å². The lowest BCUT2D eigenvalue weighted by Crippen LogP contribution is -2.64. The molecule has 0 spiro atoms. The number of benzene rings is 2. The Bertz CT molecular complexity index is 742. The first kappa shape index (κ1) is 15.5. The predicted octanol–water partition coefficient (Wildman–Crippen LogP) is 4.43. The molecule has 1 saturated heterocycles. The molecule has 2 aromatic rings. The Morgan fingerprint density at radius 3 is 2.22 bits per heavy atom. The molecule has 1 amide bonds. The number of anilines is 1. The van der Waals surface area contributed by atoms with Crippen LogP contribution in [0.2, 0.25) is 0 Å². The number of alkyl halides is 5. The molecule has 1 aliphatic heterocycles. The molecule has 120 valence electrons. The smallest absolute Gasteiger partial charge is 0.293 e. The average Bonchev–Trinajstić information content (AvgIpc) is 2.52. The van der Waals surface area contributed by atoms with Gasteiger partial charge in [-0.1, -0.05) is 36.4 Å². The van der Waals surface area contributed by atoms with Gasteiger partial charge >= 0.3 is 18.0 Å². The molecule has 0 unspecified atom stereocenters. The van der Waals surface area contributed by atoms with Gasteiger partial charge < -0.3 is 0 Å². The monoisotopic (exact) mass is 327 g/mol. The molecule has 1 atom stereocenters. The largest absolute Gasteiger partial charge is 0.416 e. The minimum absolute atomic E-state index is 0.162. The van der Waals surface area contributed by atoms with Gasteiger partial charge in [-0.15, -0.1) is 0 Å². The molecular weight excluding hydrogens is 317 g/mol. The van der Waals surface area contributed by atoms with E-state index in [-0.39, 0.29) is 11.3 Å². The number of nitrogens with zero attached hydrogens (tertiary/aromatic N) is 1. The molecule has 1 fully saturated rings. The molecule has 0 aliphatic carbocycles. The van der Waals surface area contributed by atoms with Crippen LogP contribution >= 0.6 is 0 Å². The van der Waals surface area contributed by atoms with Crippen molar-refractivity contribution in [2.75, 3.05) is 4.90 Å². The standard InChI is InChI=1S/C16H10F5NO/c17-15(18)13(10-5-2-1-3-6-10)22(14(15)23)12-8-4-7-11(9-12)16(19,20)21/h1-9,13H/t13-/m0/s1. The predicted molar refractivity (Wildman–Crippen MR) is 73.1 cm³/mol. The number of hydrogen-bond donors (Lipinski definition) is 0. The van der Waals surface area contributed by atoms with Crippen molar-refractivity contribution >= 4 is 11.6 Å². The van der Waals surface area contributed by atoms with Crippen LogP contribution in [0.4, 0.5) is 27.6 Å². The fraction of sp³-hybridized carbons (Fsp3) is 0.188. The van der Waals surface area contributed by atoms with E-state index in [0.29, 0.717) is 11.0 Å². The van der Waals surface area contributed by atoms with Gasteiger partial charge in [0.25, 0.3) is 0 Å². The average molecular weight is 327 g/mol. The van der Waals surface area contributed by atoms with Crippen LogP contribution in [0, 0.1) is 0 Å². The summed E-state index contributed by atoms with van der Waals surface area (Å²) in [6.07, 6.45) is -4.62. The molecule has 23 heavy (non-hydrogen) atoms. The summed E-state index contributed by atoms with van der Waals surface area (Å²) in [5, 5.41) is 0. The van der Waals surface area contributed by atoms with E-state index in [2.05, 4.69) is 0 Å². The maximum atomic E-state index is 13.9. The van der Waals surface area contributed by atoms with E-state index in [1.807, 2.05) is 0 Å². The van der Waals surface area contributed by atoms with Gasteiger partial charge in [0.2, 0.25) is 0 Å². The first-order valence-electron chi connectivity index (χ1n) is 6.66. The quantitative estimate of drug-likeness (QED) is 0.590. The molecule has 3 rings (SSSR count). The topological polar surface area (TPSA) is 20.3 Å². The zero-order valence-corrected chi connectivity index (χ0v) is 11.5. The number of carbonyl (C=O) groups is 1. The van der Waals surface area contributed by atoms with Gasteiger partial charge in [0.1, 0.15) is 6.04 Å². The fourth-order valence-electron chi connectivity index (χ4n) is 2.58. The molecule has 0 radical (unpaired) electrons. The highest BCUT2D eigenvalue weighted by Gasteiger charge is 2.64. The first-order valence-corrected chi connectivity index (χ1v) is 6.66.